The zero-order valence-corrected chi connectivity index (χ0v) is 12.8. The van der Waals surface area contributed by atoms with E-state index in [2.05, 4.69) is 51.3 Å². The third kappa shape index (κ3) is 3.23. The Bertz CT molecular complexity index is 223. The van der Waals surface area contributed by atoms with E-state index in [1.165, 1.54) is 45.4 Å². The molecule has 0 N–H and O–H groups in total. The van der Waals surface area contributed by atoms with Crippen LogP contribution >= 0.6 is 0 Å². The van der Waals surface area contributed by atoms with Gasteiger partial charge in [0.1, 0.15) is 0 Å². The summed E-state index contributed by atoms with van der Waals surface area (Å²) in [4.78, 5) is 5.37. The molecule has 0 amide bonds. The van der Waals surface area contributed by atoms with Crippen molar-refractivity contribution in [3.63, 3.8) is 0 Å². The molecule has 1 fully saturated rings. The summed E-state index contributed by atoms with van der Waals surface area (Å²) in [6, 6.07) is 0. The van der Waals surface area contributed by atoms with Crippen molar-refractivity contribution in [1.82, 2.24) is 9.80 Å². The van der Waals surface area contributed by atoms with Gasteiger partial charge in [-0.15, -0.1) is 0 Å². The molecule has 0 spiro atoms. The summed E-state index contributed by atoms with van der Waals surface area (Å²) in [5.41, 5.74) is 0.795. The zero-order valence-electron chi connectivity index (χ0n) is 12.8. The largest absolute Gasteiger partial charge is 0.296 e. The summed E-state index contributed by atoms with van der Waals surface area (Å²) in [5, 5.41) is 0. The van der Waals surface area contributed by atoms with Crippen molar-refractivity contribution in [1.29, 1.82) is 0 Å². The predicted molar refractivity (Wildman–Crippen MR) is 76.5 cm³/mol. The molecule has 0 aromatic rings. The fraction of sp³-hybridized carbons (Fsp3) is 1.00. The molecule has 1 aliphatic rings. The fourth-order valence-electron chi connectivity index (χ4n) is 2.77. The maximum absolute atomic E-state index is 2.70. The van der Waals surface area contributed by atoms with Crippen LogP contribution in [0.25, 0.3) is 0 Å². The predicted octanol–water partition coefficient (Wildman–Crippen LogP) is 3.37. The van der Waals surface area contributed by atoms with Gasteiger partial charge < -0.3 is 0 Å². The first kappa shape index (κ1) is 15.0. The first-order valence-corrected chi connectivity index (χ1v) is 7.39. The highest BCUT2D eigenvalue weighted by Gasteiger charge is 2.34. The normalized spacial score (nSPS) is 20.8. The minimum Gasteiger partial charge on any atom is -0.296 e. The van der Waals surface area contributed by atoms with Gasteiger partial charge in [-0.2, -0.15) is 0 Å². The Morgan fingerprint density at radius 3 is 1.47 bits per heavy atom. The highest BCUT2D eigenvalue weighted by atomic mass is 15.3. The van der Waals surface area contributed by atoms with E-state index in [4.69, 9.17) is 0 Å². The highest BCUT2D eigenvalue weighted by Crippen LogP contribution is 2.27. The molecule has 17 heavy (non-hydrogen) atoms. The van der Waals surface area contributed by atoms with Crippen LogP contribution in [0.1, 0.15) is 60.8 Å². The van der Waals surface area contributed by atoms with Gasteiger partial charge in [-0.05, 0) is 40.0 Å². The number of nitrogens with zero attached hydrogens (tertiary/aromatic N) is 2. The van der Waals surface area contributed by atoms with Gasteiger partial charge in [0.25, 0.3) is 0 Å². The maximum atomic E-state index is 2.70. The second-order valence-electron chi connectivity index (χ2n) is 6.34. The van der Waals surface area contributed by atoms with Gasteiger partial charge in [0.2, 0.25) is 0 Å². The van der Waals surface area contributed by atoms with Gasteiger partial charge in [0.15, 0.2) is 0 Å². The van der Waals surface area contributed by atoms with Crippen molar-refractivity contribution in [2.24, 2.45) is 0 Å². The molecular weight excluding hydrogens is 208 g/mol. The van der Waals surface area contributed by atoms with E-state index in [0.29, 0.717) is 11.1 Å². The zero-order chi connectivity index (χ0) is 13.1. The quantitative estimate of drug-likeness (QED) is 0.727. The van der Waals surface area contributed by atoms with Crippen LogP contribution in [-0.4, -0.2) is 47.1 Å². The van der Waals surface area contributed by atoms with Crippen LogP contribution in [0.15, 0.2) is 0 Å². The van der Waals surface area contributed by atoms with E-state index >= 15 is 0 Å². The van der Waals surface area contributed by atoms with Gasteiger partial charge in [0.05, 0.1) is 0 Å². The summed E-state index contributed by atoms with van der Waals surface area (Å²) in [6.45, 7) is 19.1. The van der Waals surface area contributed by atoms with E-state index in [-0.39, 0.29) is 0 Å². The molecular formula is C15H32N2. The molecule has 0 atom stereocenters. The molecule has 0 bridgehead atoms. The molecule has 1 saturated heterocycles. The van der Waals surface area contributed by atoms with Crippen molar-refractivity contribution in [3.8, 4) is 0 Å². The van der Waals surface area contributed by atoms with Crippen LogP contribution in [0.4, 0.5) is 0 Å². The first-order valence-electron chi connectivity index (χ1n) is 7.39. The standard InChI is InChI=1S/C15H32N2/c1-7-14(4,5)16-10-12-17(13-11-16)15(6,8-2)9-3/h7-13H2,1-6H3. The molecule has 0 saturated carbocycles. The SMILES string of the molecule is CCC(C)(C)N1CCN(C(C)(CC)CC)CC1. The van der Waals surface area contributed by atoms with E-state index in [1.54, 1.807) is 0 Å². The molecule has 1 aliphatic heterocycles. The Hall–Kier alpha value is -0.0800. The van der Waals surface area contributed by atoms with Gasteiger partial charge in [-0.1, -0.05) is 20.8 Å². The lowest BCUT2D eigenvalue weighted by Gasteiger charge is -2.49. The minimum absolute atomic E-state index is 0.376. The third-order valence-corrected chi connectivity index (χ3v) is 5.29. The highest BCUT2D eigenvalue weighted by molar-refractivity contribution is 4.90. The Labute approximate surface area is 108 Å². The smallest absolute Gasteiger partial charge is 0.0177 e. The fourth-order valence-corrected chi connectivity index (χ4v) is 2.77. The second kappa shape index (κ2) is 5.71. The van der Waals surface area contributed by atoms with Crippen LogP contribution < -0.4 is 0 Å². The summed E-state index contributed by atoms with van der Waals surface area (Å²) in [6.07, 6.45) is 3.77. The van der Waals surface area contributed by atoms with E-state index < -0.39 is 0 Å². The van der Waals surface area contributed by atoms with Crippen molar-refractivity contribution >= 4 is 0 Å². The lowest BCUT2D eigenvalue weighted by molar-refractivity contribution is -0.00186. The summed E-state index contributed by atoms with van der Waals surface area (Å²) >= 11 is 0. The van der Waals surface area contributed by atoms with Crippen molar-refractivity contribution in [2.45, 2.75) is 71.9 Å². The van der Waals surface area contributed by atoms with Gasteiger partial charge in [-0.25, -0.2) is 0 Å². The first-order chi connectivity index (χ1) is 7.89. The molecule has 102 valence electrons. The van der Waals surface area contributed by atoms with E-state index in [9.17, 15) is 0 Å². The Balaban J connectivity index is 2.57. The molecule has 0 radical (unpaired) electrons. The maximum Gasteiger partial charge on any atom is 0.0177 e. The molecule has 1 rings (SSSR count). The van der Waals surface area contributed by atoms with Crippen LogP contribution in [0.2, 0.25) is 0 Å². The molecule has 0 aliphatic carbocycles. The van der Waals surface area contributed by atoms with Crippen LogP contribution in [-0.2, 0) is 0 Å². The number of piperazine rings is 1. The number of hydrogen-bond donors (Lipinski definition) is 0. The van der Waals surface area contributed by atoms with Gasteiger partial charge in [-0.3, -0.25) is 9.80 Å². The molecule has 0 aromatic heterocycles. The lowest BCUT2D eigenvalue weighted by atomic mass is 9.91. The molecule has 0 unspecified atom stereocenters. The number of rotatable bonds is 5. The molecule has 2 nitrogen and oxygen atoms in total. The molecule has 1 heterocycles. The monoisotopic (exact) mass is 240 g/mol. The second-order valence-corrected chi connectivity index (χ2v) is 6.34. The van der Waals surface area contributed by atoms with Crippen molar-refractivity contribution in [3.05, 3.63) is 0 Å². The summed E-state index contributed by atoms with van der Waals surface area (Å²) in [5.74, 6) is 0. The topological polar surface area (TPSA) is 6.48 Å². The number of hydrogen-bond acceptors (Lipinski definition) is 2. The molecule has 0 aromatic carbocycles. The van der Waals surface area contributed by atoms with Crippen LogP contribution in [0.3, 0.4) is 0 Å². The Morgan fingerprint density at radius 2 is 1.12 bits per heavy atom. The van der Waals surface area contributed by atoms with Gasteiger partial charge >= 0.3 is 0 Å². The van der Waals surface area contributed by atoms with Crippen molar-refractivity contribution < 1.29 is 0 Å². The summed E-state index contributed by atoms with van der Waals surface area (Å²) < 4.78 is 0. The minimum atomic E-state index is 0.376. The van der Waals surface area contributed by atoms with Gasteiger partial charge in [0, 0.05) is 37.3 Å². The van der Waals surface area contributed by atoms with E-state index in [1.807, 2.05) is 0 Å². The molecule has 2 heteroatoms. The Morgan fingerprint density at radius 1 is 0.706 bits per heavy atom. The average molecular weight is 240 g/mol. The Kier molecular flexibility index (Phi) is 5.03. The summed E-state index contributed by atoms with van der Waals surface area (Å²) in [7, 11) is 0. The van der Waals surface area contributed by atoms with Crippen LogP contribution in [0, 0.1) is 0 Å². The van der Waals surface area contributed by atoms with Crippen LogP contribution in [0.5, 0.6) is 0 Å². The van der Waals surface area contributed by atoms with E-state index in [0.717, 1.165) is 0 Å². The van der Waals surface area contributed by atoms with Crippen molar-refractivity contribution in [2.75, 3.05) is 26.2 Å². The average Bonchev–Trinajstić information content (AvgIpc) is 2.38. The lowest BCUT2D eigenvalue weighted by Crippen LogP contribution is -2.59. The third-order valence-electron chi connectivity index (χ3n) is 5.29.